The molecule has 3 rings (SSSR count). The molecule has 1 aliphatic rings. The first-order valence-electron chi connectivity index (χ1n) is 9.28. The lowest BCUT2D eigenvalue weighted by atomic mass is 9.88. The number of benzene rings is 1. The van der Waals surface area contributed by atoms with Crippen molar-refractivity contribution in [1.82, 2.24) is 10.2 Å². The van der Waals surface area contributed by atoms with E-state index in [1.807, 2.05) is 25.1 Å². The number of hydrogen-bond acceptors (Lipinski definition) is 4. The Hall–Kier alpha value is -2.50. The van der Waals surface area contributed by atoms with Gasteiger partial charge >= 0.3 is 0 Å². The summed E-state index contributed by atoms with van der Waals surface area (Å²) >= 11 is 0. The van der Waals surface area contributed by atoms with Crippen molar-refractivity contribution >= 4 is 11.6 Å². The minimum Gasteiger partial charge on any atom is -0.493 e. The number of nitrogens with one attached hydrogen (secondary N) is 2. The molecule has 0 saturated heterocycles. The van der Waals surface area contributed by atoms with Crippen LogP contribution in [-0.2, 0) is 11.2 Å². The van der Waals surface area contributed by atoms with E-state index in [1.165, 1.54) is 6.42 Å². The van der Waals surface area contributed by atoms with E-state index >= 15 is 0 Å². The third-order valence-electron chi connectivity index (χ3n) is 5.08. The number of aromatic nitrogens is 2. The van der Waals surface area contributed by atoms with Crippen molar-refractivity contribution in [2.24, 2.45) is 5.92 Å². The predicted molar refractivity (Wildman–Crippen MR) is 102 cm³/mol. The average Bonchev–Trinajstić information content (AvgIpc) is 3.10. The minimum absolute atomic E-state index is 0.0987. The molecule has 6 nitrogen and oxygen atoms in total. The fourth-order valence-corrected chi connectivity index (χ4v) is 3.55. The number of aromatic amines is 1. The highest BCUT2D eigenvalue weighted by Gasteiger charge is 2.24. The highest BCUT2D eigenvalue weighted by molar-refractivity contribution is 5.97. The van der Waals surface area contributed by atoms with Crippen LogP contribution in [0.3, 0.4) is 0 Å². The van der Waals surface area contributed by atoms with Gasteiger partial charge in [-0.2, -0.15) is 5.10 Å². The summed E-state index contributed by atoms with van der Waals surface area (Å²) in [4.78, 5) is 12.7. The van der Waals surface area contributed by atoms with Crippen molar-refractivity contribution in [2.75, 3.05) is 19.5 Å². The Balaban J connectivity index is 1.91. The number of nitrogens with zero attached hydrogens (tertiary/aromatic N) is 1. The summed E-state index contributed by atoms with van der Waals surface area (Å²) in [6.45, 7) is 2.04. The molecule has 6 heteroatoms. The first kappa shape index (κ1) is 18.3. The van der Waals surface area contributed by atoms with E-state index in [9.17, 15) is 4.79 Å². The van der Waals surface area contributed by atoms with Gasteiger partial charge in [-0.25, -0.2) is 0 Å². The number of amides is 1. The Bertz CT molecular complexity index is 764. The molecule has 1 saturated carbocycles. The van der Waals surface area contributed by atoms with Crippen molar-refractivity contribution in [3.05, 3.63) is 23.9 Å². The molecule has 0 atom stereocenters. The number of methoxy groups -OCH3 is 2. The molecule has 140 valence electrons. The van der Waals surface area contributed by atoms with Crippen molar-refractivity contribution in [1.29, 1.82) is 0 Å². The molecule has 1 aromatic heterocycles. The molecule has 0 aliphatic heterocycles. The van der Waals surface area contributed by atoms with Crippen molar-refractivity contribution in [3.63, 3.8) is 0 Å². The largest absolute Gasteiger partial charge is 0.493 e. The summed E-state index contributed by atoms with van der Waals surface area (Å²) in [7, 11) is 3.21. The first-order chi connectivity index (χ1) is 12.7. The van der Waals surface area contributed by atoms with Crippen LogP contribution in [0.4, 0.5) is 5.69 Å². The molecule has 1 amide bonds. The molecule has 1 aromatic carbocycles. The SMILES string of the molecule is CCc1[nH]nc(-c2ccc(OC)c(OC)c2)c1NC(=O)C1CCCCC1. The molecular formula is C20H27N3O3. The highest BCUT2D eigenvalue weighted by atomic mass is 16.5. The van der Waals surface area contributed by atoms with E-state index in [0.717, 1.165) is 54.7 Å². The first-order valence-corrected chi connectivity index (χ1v) is 9.28. The van der Waals surface area contributed by atoms with Crippen LogP contribution in [0.2, 0.25) is 0 Å². The van der Waals surface area contributed by atoms with E-state index < -0.39 is 0 Å². The van der Waals surface area contributed by atoms with Gasteiger partial charge in [-0.05, 0) is 37.5 Å². The van der Waals surface area contributed by atoms with Crippen LogP contribution in [0.1, 0.15) is 44.7 Å². The molecule has 1 fully saturated rings. The third kappa shape index (κ3) is 3.69. The van der Waals surface area contributed by atoms with Gasteiger partial charge in [-0.1, -0.05) is 26.2 Å². The lowest BCUT2D eigenvalue weighted by Gasteiger charge is -2.21. The maximum atomic E-state index is 12.7. The molecule has 26 heavy (non-hydrogen) atoms. The maximum Gasteiger partial charge on any atom is 0.227 e. The number of ether oxygens (including phenoxy) is 2. The summed E-state index contributed by atoms with van der Waals surface area (Å²) in [5.74, 6) is 1.50. The second-order valence-electron chi connectivity index (χ2n) is 6.67. The van der Waals surface area contributed by atoms with E-state index in [-0.39, 0.29) is 11.8 Å². The summed E-state index contributed by atoms with van der Waals surface area (Å²) in [5.41, 5.74) is 3.30. The molecule has 0 bridgehead atoms. The Kier molecular flexibility index (Phi) is 5.81. The normalized spacial score (nSPS) is 14.9. The zero-order chi connectivity index (χ0) is 18.5. The van der Waals surface area contributed by atoms with E-state index in [0.29, 0.717) is 11.5 Å². The number of anilines is 1. The Labute approximate surface area is 154 Å². The zero-order valence-electron chi connectivity index (χ0n) is 15.7. The van der Waals surface area contributed by atoms with Gasteiger partial charge in [0.15, 0.2) is 11.5 Å². The molecule has 2 N–H and O–H groups in total. The third-order valence-corrected chi connectivity index (χ3v) is 5.08. The van der Waals surface area contributed by atoms with E-state index in [1.54, 1.807) is 14.2 Å². The Morgan fingerprint density at radius 3 is 2.58 bits per heavy atom. The van der Waals surface area contributed by atoms with Crippen LogP contribution in [0.15, 0.2) is 18.2 Å². The second kappa shape index (κ2) is 8.25. The number of carbonyl (C=O) groups is 1. The van der Waals surface area contributed by atoms with Gasteiger partial charge in [-0.15, -0.1) is 0 Å². The van der Waals surface area contributed by atoms with Crippen LogP contribution in [0.5, 0.6) is 11.5 Å². The fourth-order valence-electron chi connectivity index (χ4n) is 3.55. The van der Waals surface area contributed by atoms with Crippen LogP contribution in [-0.4, -0.2) is 30.3 Å². The summed E-state index contributed by atoms with van der Waals surface area (Å²) in [5, 5.41) is 10.6. The number of rotatable bonds is 6. The quantitative estimate of drug-likeness (QED) is 0.813. The average molecular weight is 357 g/mol. The lowest BCUT2D eigenvalue weighted by Crippen LogP contribution is -2.25. The van der Waals surface area contributed by atoms with Crippen LogP contribution < -0.4 is 14.8 Å². The lowest BCUT2D eigenvalue weighted by molar-refractivity contribution is -0.120. The number of hydrogen-bond donors (Lipinski definition) is 2. The van der Waals surface area contributed by atoms with Crippen LogP contribution in [0.25, 0.3) is 11.3 Å². The molecular weight excluding hydrogens is 330 g/mol. The summed E-state index contributed by atoms with van der Waals surface area (Å²) in [6, 6.07) is 5.65. The van der Waals surface area contributed by atoms with Gasteiger partial charge in [0.2, 0.25) is 5.91 Å². The Morgan fingerprint density at radius 2 is 1.92 bits per heavy atom. The van der Waals surface area contributed by atoms with Crippen molar-refractivity contribution < 1.29 is 14.3 Å². The standard InChI is InChI=1S/C20H27N3O3/c1-4-15-19(21-20(24)13-8-6-5-7-9-13)18(23-22-15)14-10-11-16(25-2)17(12-14)26-3/h10-13H,4-9H2,1-3H3,(H,21,24)(H,22,23). The summed E-state index contributed by atoms with van der Waals surface area (Å²) < 4.78 is 10.7. The van der Waals surface area contributed by atoms with Gasteiger partial charge in [0, 0.05) is 11.5 Å². The second-order valence-corrected chi connectivity index (χ2v) is 6.67. The molecule has 1 heterocycles. The summed E-state index contributed by atoms with van der Waals surface area (Å²) in [6.07, 6.45) is 6.19. The van der Waals surface area contributed by atoms with Gasteiger partial charge in [-0.3, -0.25) is 9.89 Å². The molecule has 0 spiro atoms. The number of carbonyl (C=O) groups excluding carboxylic acids is 1. The van der Waals surface area contributed by atoms with Gasteiger partial charge < -0.3 is 14.8 Å². The van der Waals surface area contributed by atoms with Gasteiger partial charge in [0.05, 0.1) is 25.6 Å². The zero-order valence-corrected chi connectivity index (χ0v) is 15.7. The monoisotopic (exact) mass is 357 g/mol. The topological polar surface area (TPSA) is 76.2 Å². The van der Waals surface area contributed by atoms with Crippen molar-refractivity contribution in [3.8, 4) is 22.8 Å². The van der Waals surface area contributed by atoms with Gasteiger partial charge in [0.25, 0.3) is 0 Å². The van der Waals surface area contributed by atoms with Crippen LogP contribution in [0, 0.1) is 5.92 Å². The maximum absolute atomic E-state index is 12.7. The number of H-pyrrole nitrogens is 1. The number of aryl methyl sites for hydroxylation is 1. The Morgan fingerprint density at radius 1 is 1.19 bits per heavy atom. The molecule has 0 radical (unpaired) electrons. The molecule has 2 aromatic rings. The van der Waals surface area contributed by atoms with Crippen LogP contribution >= 0.6 is 0 Å². The smallest absolute Gasteiger partial charge is 0.227 e. The van der Waals surface area contributed by atoms with E-state index in [2.05, 4.69) is 15.5 Å². The van der Waals surface area contributed by atoms with Crippen molar-refractivity contribution in [2.45, 2.75) is 45.4 Å². The molecule has 0 unspecified atom stereocenters. The molecule has 1 aliphatic carbocycles. The highest BCUT2D eigenvalue weighted by Crippen LogP contribution is 2.36. The predicted octanol–water partition coefficient (Wildman–Crippen LogP) is 4.18. The fraction of sp³-hybridized carbons (Fsp3) is 0.500. The minimum atomic E-state index is 0.0987. The van der Waals surface area contributed by atoms with E-state index in [4.69, 9.17) is 9.47 Å². The van der Waals surface area contributed by atoms with Gasteiger partial charge in [0.1, 0.15) is 5.69 Å².